The molecule has 142 valence electrons. The van der Waals surface area contributed by atoms with Crippen LogP contribution in [0.15, 0.2) is 18.2 Å². The summed E-state index contributed by atoms with van der Waals surface area (Å²) in [4.78, 5) is 38.3. The van der Waals surface area contributed by atoms with Crippen LogP contribution in [0.5, 0.6) is 5.75 Å². The highest BCUT2D eigenvalue weighted by molar-refractivity contribution is 5.91. The molecule has 3 amide bonds. The molecule has 0 aromatic heterocycles. The number of aryl methyl sites for hydroxylation is 1. The number of nitrogens with one attached hydrogen (secondary N) is 1. The number of carbonyl (C=O) groups is 3. The second-order valence-corrected chi connectivity index (χ2v) is 6.63. The van der Waals surface area contributed by atoms with E-state index in [9.17, 15) is 14.4 Å². The number of nitrogens with zero attached hydrogens (tertiary/aromatic N) is 2. The fourth-order valence-electron chi connectivity index (χ4n) is 2.68. The third kappa shape index (κ3) is 5.11. The van der Waals surface area contributed by atoms with Gasteiger partial charge in [0.1, 0.15) is 5.75 Å². The molecule has 1 aliphatic rings. The summed E-state index contributed by atoms with van der Waals surface area (Å²) >= 11 is 0. The maximum atomic E-state index is 12.5. The number of hydrogen-bond donors (Lipinski definition) is 2. The van der Waals surface area contributed by atoms with Crippen molar-refractivity contribution < 1.29 is 24.2 Å². The number of rotatable bonds is 5. The van der Waals surface area contributed by atoms with E-state index < -0.39 is 11.9 Å². The summed E-state index contributed by atoms with van der Waals surface area (Å²) < 4.78 is 5.57. The average molecular weight is 363 g/mol. The van der Waals surface area contributed by atoms with Crippen LogP contribution in [0, 0.1) is 12.8 Å². The standard InChI is InChI=1S/C18H25N3O5/c1-12-6-7-14(15(9-12)26-11-16(22)20(2)3)19-18(25)21-8-4-5-13(10-21)17(23)24/h6-7,9,13H,4-5,8,10-11H2,1-3H3,(H,19,25)(H,23,24). The molecule has 0 radical (unpaired) electrons. The molecule has 0 saturated carbocycles. The van der Waals surface area contributed by atoms with Gasteiger partial charge in [-0.3, -0.25) is 9.59 Å². The molecule has 2 N–H and O–H groups in total. The Morgan fingerprint density at radius 2 is 2.08 bits per heavy atom. The summed E-state index contributed by atoms with van der Waals surface area (Å²) in [7, 11) is 3.28. The maximum Gasteiger partial charge on any atom is 0.321 e. The first-order chi connectivity index (χ1) is 12.3. The molecule has 8 heteroatoms. The molecular formula is C18H25N3O5. The molecule has 8 nitrogen and oxygen atoms in total. The molecule has 0 spiro atoms. The minimum atomic E-state index is -0.885. The van der Waals surface area contributed by atoms with Crippen molar-refractivity contribution in [3.05, 3.63) is 23.8 Å². The quantitative estimate of drug-likeness (QED) is 0.831. The van der Waals surface area contributed by atoms with E-state index in [0.717, 1.165) is 5.56 Å². The molecule has 26 heavy (non-hydrogen) atoms. The zero-order chi connectivity index (χ0) is 19.3. The number of carbonyl (C=O) groups excluding carboxylic acids is 2. The molecule has 1 unspecified atom stereocenters. The number of aliphatic carboxylic acids is 1. The van der Waals surface area contributed by atoms with E-state index in [1.54, 1.807) is 26.2 Å². The highest BCUT2D eigenvalue weighted by Gasteiger charge is 2.28. The number of benzene rings is 1. The Hall–Kier alpha value is -2.77. The van der Waals surface area contributed by atoms with Crippen LogP contribution in [0.1, 0.15) is 18.4 Å². The lowest BCUT2D eigenvalue weighted by Gasteiger charge is -2.31. The third-order valence-electron chi connectivity index (χ3n) is 4.29. The van der Waals surface area contributed by atoms with Crippen LogP contribution in [0.25, 0.3) is 0 Å². The highest BCUT2D eigenvalue weighted by Crippen LogP contribution is 2.27. The van der Waals surface area contributed by atoms with E-state index in [1.807, 2.05) is 13.0 Å². The second kappa shape index (κ2) is 8.55. The fourth-order valence-corrected chi connectivity index (χ4v) is 2.68. The zero-order valence-electron chi connectivity index (χ0n) is 15.3. The number of hydrogen-bond acceptors (Lipinski definition) is 4. The first kappa shape index (κ1) is 19.6. The van der Waals surface area contributed by atoms with Gasteiger partial charge in [-0.2, -0.15) is 0 Å². The summed E-state index contributed by atoms with van der Waals surface area (Å²) in [6, 6.07) is 4.91. The number of piperidine rings is 1. The molecule has 1 aliphatic heterocycles. The van der Waals surface area contributed by atoms with Crippen LogP contribution < -0.4 is 10.1 Å². The van der Waals surface area contributed by atoms with Crippen molar-refractivity contribution in [1.29, 1.82) is 0 Å². The molecule has 1 atom stereocenters. The molecule has 1 aromatic rings. The average Bonchev–Trinajstić information content (AvgIpc) is 2.61. The number of likely N-dealkylation sites (N-methyl/N-ethyl adjacent to an activating group) is 1. The zero-order valence-corrected chi connectivity index (χ0v) is 15.3. The van der Waals surface area contributed by atoms with Crippen molar-refractivity contribution in [2.45, 2.75) is 19.8 Å². The molecule has 0 bridgehead atoms. The Labute approximate surface area is 152 Å². The van der Waals surface area contributed by atoms with Gasteiger partial charge < -0.3 is 25.0 Å². The topological polar surface area (TPSA) is 99.2 Å². The van der Waals surface area contributed by atoms with Crippen LogP contribution in [0.3, 0.4) is 0 Å². The molecule has 2 rings (SSSR count). The van der Waals surface area contributed by atoms with Crippen LogP contribution in [-0.2, 0) is 9.59 Å². The summed E-state index contributed by atoms with van der Waals surface area (Å²) in [5.41, 5.74) is 1.38. The van der Waals surface area contributed by atoms with Crippen molar-refractivity contribution in [3.8, 4) is 5.75 Å². The third-order valence-corrected chi connectivity index (χ3v) is 4.29. The van der Waals surface area contributed by atoms with Gasteiger partial charge in [-0.25, -0.2) is 4.79 Å². The fraction of sp³-hybridized carbons (Fsp3) is 0.500. The van der Waals surface area contributed by atoms with Crippen LogP contribution in [0.4, 0.5) is 10.5 Å². The van der Waals surface area contributed by atoms with E-state index in [-0.39, 0.29) is 25.1 Å². The van der Waals surface area contributed by atoms with Crippen LogP contribution >= 0.6 is 0 Å². The van der Waals surface area contributed by atoms with Gasteiger partial charge in [0, 0.05) is 27.2 Å². The molecular weight excluding hydrogens is 338 g/mol. The highest BCUT2D eigenvalue weighted by atomic mass is 16.5. The van der Waals surface area contributed by atoms with Crippen molar-refractivity contribution >= 4 is 23.6 Å². The van der Waals surface area contributed by atoms with Gasteiger partial charge in [-0.1, -0.05) is 6.07 Å². The SMILES string of the molecule is Cc1ccc(NC(=O)N2CCCC(C(=O)O)C2)c(OCC(=O)N(C)C)c1. The Morgan fingerprint density at radius 1 is 1.35 bits per heavy atom. The summed E-state index contributed by atoms with van der Waals surface area (Å²) in [5, 5.41) is 11.9. The van der Waals surface area contributed by atoms with E-state index in [2.05, 4.69) is 5.32 Å². The Morgan fingerprint density at radius 3 is 2.73 bits per heavy atom. The van der Waals surface area contributed by atoms with E-state index in [4.69, 9.17) is 9.84 Å². The van der Waals surface area contributed by atoms with Gasteiger partial charge in [0.05, 0.1) is 11.6 Å². The Balaban J connectivity index is 2.07. The number of ether oxygens (including phenoxy) is 1. The van der Waals surface area contributed by atoms with Crippen LogP contribution in [0.2, 0.25) is 0 Å². The van der Waals surface area contributed by atoms with Gasteiger partial charge in [-0.15, -0.1) is 0 Å². The number of amides is 3. The molecule has 0 aliphatic carbocycles. The van der Waals surface area contributed by atoms with Crippen molar-refractivity contribution in [2.24, 2.45) is 5.92 Å². The monoisotopic (exact) mass is 363 g/mol. The maximum absolute atomic E-state index is 12.5. The number of urea groups is 1. The van der Waals surface area contributed by atoms with Gasteiger partial charge in [-0.05, 0) is 37.5 Å². The number of likely N-dealkylation sites (tertiary alicyclic amines) is 1. The number of carboxylic acid groups (broad SMARTS) is 1. The molecule has 1 saturated heterocycles. The smallest absolute Gasteiger partial charge is 0.321 e. The van der Waals surface area contributed by atoms with Crippen molar-refractivity contribution in [1.82, 2.24) is 9.80 Å². The molecule has 1 heterocycles. The van der Waals surface area contributed by atoms with Crippen LogP contribution in [-0.4, -0.2) is 66.6 Å². The lowest BCUT2D eigenvalue weighted by atomic mass is 9.99. The van der Waals surface area contributed by atoms with Gasteiger partial charge in [0.25, 0.3) is 5.91 Å². The molecule has 1 aromatic carbocycles. The Kier molecular flexibility index (Phi) is 6.43. The Bertz CT molecular complexity index is 689. The van der Waals surface area contributed by atoms with Gasteiger partial charge in [0.15, 0.2) is 6.61 Å². The van der Waals surface area contributed by atoms with Crippen molar-refractivity contribution in [2.75, 3.05) is 39.1 Å². The van der Waals surface area contributed by atoms with E-state index in [0.29, 0.717) is 30.8 Å². The first-order valence-electron chi connectivity index (χ1n) is 8.50. The summed E-state index contributed by atoms with van der Waals surface area (Å²) in [6.45, 7) is 2.44. The molecule has 1 fully saturated rings. The lowest BCUT2D eigenvalue weighted by molar-refractivity contribution is -0.143. The van der Waals surface area contributed by atoms with E-state index >= 15 is 0 Å². The van der Waals surface area contributed by atoms with Gasteiger partial charge >= 0.3 is 12.0 Å². The second-order valence-electron chi connectivity index (χ2n) is 6.63. The predicted molar refractivity (Wildman–Crippen MR) is 96.3 cm³/mol. The minimum Gasteiger partial charge on any atom is -0.482 e. The normalized spacial score (nSPS) is 16.7. The largest absolute Gasteiger partial charge is 0.482 e. The predicted octanol–water partition coefficient (Wildman–Crippen LogP) is 1.79. The van der Waals surface area contributed by atoms with Crippen molar-refractivity contribution in [3.63, 3.8) is 0 Å². The van der Waals surface area contributed by atoms with Gasteiger partial charge in [0.2, 0.25) is 0 Å². The minimum absolute atomic E-state index is 0.135. The van der Waals surface area contributed by atoms with E-state index in [1.165, 1.54) is 9.80 Å². The number of carboxylic acids is 1. The summed E-state index contributed by atoms with van der Waals surface area (Å²) in [6.07, 6.45) is 1.23. The summed E-state index contributed by atoms with van der Waals surface area (Å²) in [5.74, 6) is -1.21. The first-order valence-corrected chi connectivity index (χ1v) is 8.50. The lowest BCUT2D eigenvalue weighted by Crippen LogP contribution is -2.44. The number of anilines is 1.